The van der Waals surface area contributed by atoms with Crippen molar-refractivity contribution in [3.05, 3.63) is 46.6 Å². The zero-order valence-corrected chi connectivity index (χ0v) is 11.1. The molecule has 0 N–H and O–H groups in total. The van der Waals surface area contributed by atoms with Crippen LogP contribution in [0.2, 0.25) is 5.15 Å². The lowest BCUT2D eigenvalue weighted by molar-refractivity contribution is 0.627. The third-order valence-corrected chi connectivity index (χ3v) is 3.03. The summed E-state index contributed by atoms with van der Waals surface area (Å²) < 4.78 is 13.5. The highest BCUT2D eigenvalue weighted by Crippen LogP contribution is 2.27. The number of rotatable bonds is 3. The molecule has 0 saturated carbocycles. The normalized spacial score (nSPS) is 10.7. The summed E-state index contributed by atoms with van der Waals surface area (Å²) in [7, 11) is 0. The number of nitrogens with zero attached hydrogens (tertiary/aromatic N) is 2. The van der Waals surface area contributed by atoms with E-state index in [0.29, 0.717) is 5.15 Å². The van der Waals surface area contributed by atoms with Gasteiger partial charge in [0.15, 0.2) is 0 Å². The first kappa shape index (κ1) is 13.0. The molecule has 1 heterocycles. The second kappa shape index (κ2) is 5.44. The van der Waals surface area contributed by atoms with Crippen LogP contribution in [-0.4, -0.2) is 9.97 Å². The van der Waals surface area contributed by atoms with Crippen molar-refractivity contribution >= 4 is 11.6 Å². The lowest BCUT2D eigenvalue weighted by atomic mass is 10.0. The molecule has 0 radical (unpaired) electrons. The summed E-state index contributed by atoms with van der Waals surface area (Å²) in [5.74, 6) is -0.262. The highest BCUT2D eigenvalue weighted by atomic mass is 35.5. The Morgan fingerprint density at radius 3 is 2.67 bits per heavy atom. The van der Waals surface area contributed by atoms with Crippen LogP contribution in [0, 0.1) is 12.7 Å². The van der Waals surface area contributed by atoms with Crippen molar-refractivity contribution in [2.75, 3.05) is 0 Å². The molecule has 1 aromatic heterocycles. The maximum Gasteiger partial charge on any atom is 0.136 e. The molecule has 0 aliphatic carbocycles. The smallest absolute Gasteiger partial charge is 0.136 e. The van der Waals surface area contributed by atoms with Crippen molar-refractivity contribution in [2.45, 2.75) is 26.7 Å². The molecule has 0 aliphatic rings. The van der Waals surface area contributed by atoms with E-state index < -0.39 is 0 Å². The number of hydrogen-bond donors (Lipinski definition) is 0. The zero-order valence-electron chi connectivity index (χ0n) is 10.4. The number of halogens is 2. The van der Waals surface area contributed by atoms with E-state index in [-0.39, 0.29) is 5.82 Å². The monoisotopic (exact) mass is 264 g/mol. The molecule has 0 fully saturated rings. The highest BCUT2D eigenvalue weighted by Gasteiger charge is 2.12. The van der Waals surface area contributed by atoms with E-state index in [1.807, 2.05) is 13.0 Å². The maximum atomic E-state index is 13.5. The second-order valence-corrected chi connectivity index (χ2v) is 4.62. The third-order valence-electron chi connectivity index (χ3n) is 2.71. The van der Waals surface area contributed by atoms with E-state index in [9.17, 15) is 4.39 Å². The van der Waals surface area contributed by atoms with Crippen molar-refractivity contribution in [1.29, 1.82) is 0 Å². The van der Waals surface area contributed by atoms with Crippen LogP contribution in [0.4, 0.5) is 4.39 Å². The predicted molar refractivity (Wildman–Crippen MR) is 71.2 cm³/mol. The largest absolute Gasteiger partial charge is 0.236 e. The Morgan fingerprint density at radius 1 is 1.22 bits per heavy atom. The summed E-state index contributed by atoms with van der Waals surface area (Å²) >= 11 is 6.09. The molecule has 0 spiro atoms. The molecular weight excluding hydrogens is 251 g/mol. The molecular formula is C14H14ClFN2. The lowest BCUT2D eigenvalue weighted by Crippen LogP contribution is -1.97. The fourth-order valence-corrected chi connectivity index (χ4v) is 2.21. The summed E-state index contributed by atoms with van der Waals surface area (Å²) in [6.07, 6.45) is 3.13. The van der Waals surface area contributed by atoms with Gasteiger partial charge in [0.2, 0.25) is 0 Å². The van der Waals surface area contributed by atoms with Crippen molar-refractivity contribution in [3.63, 3.8) is 0 Å². The van der Waals surface area contributed by atoms with E-state index in [0.717, 1.165) is 35.2 Å². The van der Waals surface area contributed by atoms with Crippen LogP contribution < -0.4 is 0 Å². The molecule has 18 heavy (non-hydrogen) atoms. The van der Waals surface area contributed by atoms with Gasteiger partial charge in [0.1, 0.15) is 17.3 Å². The Hall–Kier alpha value is -1.48. The highest BCUT2D eigenvalue weighted by molar-refractivity contribution is 6.30. The zero-order chi connectivity index (χ0) is 13.1. The Bertz CT molecular complexity index is 549. The molecule has 2 aromatic rings. The van der Waals surface area contributed by atoms with Gasteiger partial charge in [-0.05, 0) is 37.1 Å². The fourth-order valence-electron chi connectivity index (χ4n) is 1.98. The van der Waals surface area contributed by atoms with Gasteiger partial charge in [0.05, 0.1) is 5.69 Å². The number of hydrogen-bond acceptors (Lipinski definition) is 2. The van der Waals surface area contributed by atoms with E-state index in [1.54, 1.807) is 0 Å². The average molecular weight is 265 g/mol. The van der Waals surface area contributed by atoms with Crippen LogP contribution in [0.3, 0.4) is 0 Å². The predicted octanol–water partition coefficient (Wildman–Crippen LogP) is 4.20. The van der Waals surface area contributed by atoms with Crippen molar-refractivity contribution in [1.82, 2.24) is 9.97 Å². The van der Waals surface area contributed by atoms with Crippen LogP contribution in [0.5, 0.6) is 0 Å². The molecule has 1 aromatic carbocycles. The summed E-state index contributed by atoms with van der Waals surface area (Å²) in [6, 6.07) is 4.87. The van der Waals surface area contributed by atoms with Crippen LogP contribution in [0.15, 0.2) is 24.5 Å². The van der Waals surface area contributed by atoms with Crippen molar-refractivity contribution < 1.29 is 4.39 Å². The van der Waals surface area contributed by atoms with Gasteiger partial charge in [0, 0.05) is 11.1 Å². The standard InChI is InChI=1S/C14H14ClFN2/c1-3-4-12-13(17-8-18-14(12)15)10-5-9(2)6-11(16)7-10/h5-8H,3-4H2,1-2H3. The number of benzene rings is 1. The Labute approximate surface area is 111 Å². The SMILES string of the molecule is CCCc1c(Cl)ncnc1-c1cc(C)cc(F)c1. The lowest BCUT2D eigenvalue weighted by Gasteiger charge is -2.09. The van der Waals surface area contributed by atoms with Gasteiger partial charge in [-0.1, -0.05) is 24.9 Å². The minimum absolute atomic E-state index is 0.262. The van der Waals surface area contributed by atoms with Gasteiger partial charge in [-0.25, -0.2) is 14.4 Å². The van der Waals surface area contributed by atoms with Gasteiger partial charge >= 0.3 is 0 Å². The van der Waals surface area contributed by atoms with Crippen LogP contribution in [0.1, 0.15) is 24.5 Å². The summed E-state index contributed by atoms with van der Waals surface area (Å²) in [6.45, 7) is 3.92. The van der Waals surface area contributed by atoms with Gasteiger partial charge < -0.3 is 0 Å². The molecule has 2 rings (SSSR count). The van der Waals surface area contributed by atoms with E-state index in [4.69, 9.17) is 11.6 Å². The fraction of sp³-hybridized carbons (Fsp3) is 0.286. The summed E-state index contributed by atoms with van der Waals surface area (Å²) in [5, 5.41) is 0.448. The molecule has 2 nitrogen and oxygen atoms in total. The van der Waals surface area contributed by atoms with Gasteiger partial charge in [-0.2, -0.15) is 0 Å². The van der Waals surface area contributed by atoms with Crippen LogP contribution in [0.25, 0.3) is 11.3 Å². The molecule has 0 aliphatic heterocycles. The maximum absolute atomic E-state index is 13.5. The molecule has 0 amide bonds. The quantitative estimate of drug-likeness (QED) is 0.777. The minimum atomic E-state index is -0.262. The Morgan fingerprint density at radius 2 is 2.00 bits per heavy atom. The van der Waals surface area contributed by atoms with E-state index >= 15 is 0 Å². The number of aromatic nitrogens is 2. The average Bonchev–Trinajstić information content (AvgIpc) is 2.30. The minimum Gasteiger partial charge on any atom is -0.236 e. The second-order valence-electron chi connectivity index (χ2n) is 4.26. The number of aryl methyl sites for hydroxylation is 1. The van der Waals surface area contributed by atoms with Crippen molar-refractivity contribution in [2.24, 2.45) is 0 Å². The Balaban J connectivity index is 2.59. The summed E-state index contributed by atoms with van der Waals surface area (Å²) in [5.41, 5.74) is 3.22. The molecule has 0 unspecified atom stereocenters. The third kappa shape index (κ3) is 2.67. The van der Waals surface area contributed by atoms with Crippen LogP contribution in [-0.2, 0) is 6.42 Å². The van der Waals surface area contributed by atoms with Gasteiger partial charge in [0.25, 0.3) is 0 Å². The summed E-state index contributed by atoms with van der Waals surface area (Å²) in [4.78, 5) is 8.24. The van der Waals surface area contributed by atoms with E-state index in [2.05, 4.69) is 16.9 Å². The van der Waals surface area contributed by atoms with E-state index in [1.165, 1.54) is 18.5 Å². The first-order chi connectivity index (χ1) is 8.61. The van der Waals surface area contributed by atoms with Crippen LogP contribution >= 0.6 is 11.6 Å². The molecule has 0 saturated heterocycles. The topological polar surface area (TPSA) is 25.8 Å². The first-order valence-electron chi connectivity index (χ1n) is 5.88. The molecule has 0 bridgehead atoms. The molecule has 4 heteroatoms. The Kier molecular flexibility index (Phi) is 3.92. The van der Waals surface area contributed by atoms with Crippen molar-refractivity contribution in [3.8, 4) is 11.3 Å². The van der Waals surface area contributed by atoms with Gasteiger partial charge in [-0.3, -0.25) is 0 Å². The first-order valence-corrected chi connectivity index (χ1v) is 6.26. The molecule has 0 atom stereocenters. The van der Waals surface area contributed by atoms with Gasteiger partial charge in [-0.15, -0.1) is 0 Å². The molecule has 94 valence electrons.